The van der Waals surface area contributed by atoms with Crippen LogP contribution in [0.15, 0.2) is 0 Å². The fraction of sp³-hybridized carbons (Fsp3) is 0.818. The summed E-state index contributed by atoms with van der Waals surface area (Å²) in [5, 5.41) is 11.2. The molecule has 0 radical (unpaired) electrons. The Hall–Kier alpha value is -1.11. The SMILES string of the molecule is CCCS(=O)(=O)CC(=O)N[C@@H](CC(C)C)C(=O)O. The van der Waals surface area contributed by atoms with Gasteiger partial charge >= 0.3 is 5.97 Å². The number of sulfone groups is 1. The van der Waals surface area contributed by atoms with Crippen molar-refractivity contribution in [3.63, 3.8) is 0 Å². The number of amides is 1. The summed E-state index contributed by atoms with van der Waals surface area (Å²) in [6.45, 7) is 5.36. The first-order chi connectivity index (χ1) is 8.18. The summed E-state index contributed by atoms with van der Waals surface area (Å²) in [6.07, 6.45) is 0.707. The largest absolute Gasteiger partial charge is 0.480 e. The second kappa shape index (κ2) is 7.35. The molecule has 0 saturated heterocycles. The lowest BCUT2D eigenvalue weighted by Crippen LogP contribution is -2.44. The summed E-state index contributed by atoms with van der Waals surface area (Å²) in [4.78, 5) is 22.4. The van der Waals surface area contributed by atoms with E-state index in [0.717, 1.165) is 0 Å². The Kier molecular flexibility index (Phi) is 6.90. The minimum Gasteiger partial charge on any atom is -0.480 e. The molecular weight excluding hydrogens is 258 g/mol. The van der Waals surface area contributed by atoms with E-state index in [0.29, 0.717) is 6.42 Å². The molecule has 0 rings (SSSR count). The number of carbonyl (C=O) groups is 2. The standard InChI is InChI=1S/C11H21NO5S/c1-4-5-18(16,17)7-10(13)12-9(11(14)15)6-8(2)3/h8-9H,4-7H2,1-3H3,(H,12,13)(H,14,15)/t9-/m0/s1. The van der Waals surface area contributed by atoms with Crippen LogP contribution in [0.4, 0.5) is 0 Å². The highest BCUT2D eigenvalue weighted by atomic mass is 32.2. The molecule has 18 heavy (non-hydrogen) atoms. The molecular formula is C11H21NO5S. The van der Waals surface area contributed by atoms with Gasteiger partial charge in [-0.2, -0.15) is 0 Å². The summed E-state index contributed by atoms with van der Waals surface area (Å²) in [5.41, 5.74) is 0. The van der Waals surface area contributed by atoms with Gasteiger partial charge in [0.25, 0.3) is 0 Å². The minimum atomic E-state index is -3.44. The van der Waals surface area contributed by atoms with Gasteiger partial charge in [-0.3, -0.25) is 4.79 Å². The maximum Gasteiger partial charge on any atom is 0.326 e. The Morgan fingerprint density at radius 2 is 1.83 bits per heavy atom. The molecule has 0 aromatic heterocycles. The van der Waals surface area contributed by atoms with Crippen LogP contribution < -0.4 is 5.32 Å². The van der Waals surface area contributed by atoms with Gasteiger partial charge in [-0.05, 0) is 18.8 Å². The van der Waals surface area contributed by atoms with Crippen LogP contribution in [0.5, 0.6) is 0 Å². The molecule has 7 heteroatoms. The molecule has 2 N–H and O–H groups in total. The zero-order chi connectivity index (χ0) is 14.3. The number of carbonyl (C=O) groups excluding carboxylic acids is 1. The lowest BCUT2D eigenvalue weighted by molar-refractivity contribution is -0.141. The van der Waals surface area contributed by atoms with Crippen molar-refractivity contribution in [2.75, 3.05) is 11.5 Å². The molecule has 106 valence electrons. The Labute approximate surface area is 108 Å². The van der Waals surface area contributed by atoms with Gasteiger partial charge in [-0.25, -0.2) is 13.2 Å². The normalized spacial score (nSPS) is 13.3. The van der Waals surface area contributed by atoms with Crippen LogP contribution >= 0.6 is 0 Å². The first kappa shape index (κ1) is 16.9. The van der Waals surface area contributed by atoms with E-state index in [2.05, 4.69) is 5.32 Å². The van der Waals surface area contributed by atoms with Crippen LogP contribution in [-0.4, -0.2) is 42.9 Å². The van der Waals surface area contributed by atoms with E-state index in [1.54, 1.807) is 6.92 Å². The summed E-state index contributed by atoms with van der Waals surface area (Å²) in [6, 6.07) is -1.03. The second-order valence-electron chi connectivity index (χ2n) is 4.68. The molecule has 0 unspecified atom stereocenters. The van der Waals surface area contributed by atoms with Gasteiger partial charge < -0.3 is 10.4 Å². The molecule has 0 spiro atoms. The van der Waals surface area contributed by atoms with E-state index in [4.69, 9.17) is 5.11 Å². The van der Waals surface area contributed by atoms with Crippen LogP contribution in [0, 0.1) is 5.92 Å². The van der Waals surface area contributed by atoms with E-state index in [1.165, 1.54) is 0 Å². The van der Waals surface area contributed by atoms with Crippen molar-refractivity contribution in [3.8, 4) is 0 Å². The first-order valence-corrected chi connectivity index (χ1v) is 7.72. The lowest BCUT2D eigenvalue weighted by atomic mass is 10.0. The lowest BCUT2D eigenvalue weighted by Gasteiger charge is -2.16. The molecule has 1 amide bonds. The molecule has 0 aliphatic rings. The third-order valence-corrected chi connectivity index (χ3v) is 3.94. The van der Waals surface area contributed by atoms with Crippen LogP contribution in [-0.2, 0) is 19.4 Å². The Bertz CT molecular complexity index is 388. The topological polar surface area (TPSA) is 101 Å². The number of rotatable bonds is 8. The third-order valence-electron chi connectivity index (χ3n) is 2.21. The van der Waals surface area contributed by atoms with Crippen molar-refractivity contribution >= 4 is 21.7 Å². The van der Waals surface area contributed by atoms with Crippen molar-refractivity contribution in [2.45, 2.75) is 39.7 Å². The van der Waals surface area contributed by atoms with Gasteiger partial charge in [0.05, 0.1) is 5.75 Å². The maximum absolute atomic E-state index is 11.5. The van der Waals surface area contributed by atoms with Gasteiger partial charge in [0.15, 0.2) is 9.84 Å². The summed E-state index contributed by atoms with van der Waals surface area (Å²) >= 11 is 0. The molecule has 0 bridgehead atoms. The van der Waals surface area contributed by atoms with Crippen molar-refractivity contribution in [3.05, 3.63) is 0 Å². The number of hydrogen-bond donors (Lipinski definition) is 2. The molecule has 0 aliphatic heterocycles. The minimum absolute atomic E-state index is 0.0671. The monoisotopic (exact) mass is 279 g/mol. The van der Waals surface area contributed by atoms with Crippen LogP contribution in [0.25, 0.3) is 0 Å². The van der Waals surface area contributed by atoms with Gasteiger partial charge in [0.1, 0.15) is 11.8 Å². The van der Waals surface area contributed by atoms with Gasteiger partial charge in [0, 0.05) is 0 Å². The van der Waals surface area contributed by atoms with Crippen LogP contribution in [0.1, 0.15) is 33.6 Å². The second-order valence-corrected chi connectivity index (χ2v) is 6.86. The van der Waals surface area contributed by atoms with E-state index in [9.17, 15) is 18.0 Å². The highest BCUT2D eigenvalue weighted by Gasteiger charge is 2.23. The number of carboxylic acid groups (broad SMARTS) is 1. The van der Waals surface area contributed by atoms with E-state index < -0.39 is 33.5 Å². The zero-order valence-corrected chi connectivity index (χ0v) is 11.8. The molecule has 0 aliphatic carbocycles. The molecule has 6 nitrogen and oxygen atoms in total. The molecule has 1 atom stereocenters. The Morgan fingerprint density at radius 1 is 1.28 bits per heavy atom. The smallest absolute Gasteiger partial charge is 0.326 e. The van der Waals surface area contributed by atoms with Crippen LogP contribution in [0.3, 0.4) is 0 Å². The average molecular weight is 279 g/mol. The Morgan fingerprint density at radius 3 is 2.22 bits per heavy atom. The molecule has 0 heterocycles. The quantitative estimate of drug-likeness (QED) is 0.671. The van der Waals surface area contributed by atoms with E-state index >= 15 is 0 Å². The Balaban J connectivity index is 4.48. The highest BCUT2D eigenvalue weighted by molar-refractivity contribution is 7.92. The predicted molar refractivity (Wildman–Crippen MR) is 68.0 cm³/mol. The number of aliphatic carboxylic acids is 1. The van der Waals surface area contributed by atoms with Crippen molar-refractivity contribution in [1.29, 1.82) is 0 Å². The third kappa shape index (κ3) is 7.26. The van der Waals surface area contributed by atoms with Crippen molar-refractivity contribution in [1.82, 2.24) is 5.32 Å². The number of hydrogen-bond acceptors (Lipinski definition) is 4. The summed E-state index contributed by atoms with van der Waals surface area (Å²) < 4.78 is 22.8. The number of nitrogens with one attached hydrogen (secondary N) is 1. The zero-order valence-electron chi connectivity index (χ0n) is 11.0. The van der Waals surface area contributed by atoms with Crippen molar-refractivity contribution < 1.29 is 23.1 Å². The predicted octanol–water partition coefficient (Wildman–Crippen LogP) is 0.427. The van der Waals surface area contributed by atoms with E-state index in [-0.39, 0.29) is 18.1 Å². The fourth-order valence-electron chi connectivity index (χ4n) is 1.51. The molecule has 0 aromatic rings. The summed E-state index contributed by atoms with van der Waals surface area (Å²) in [7, 11) is -3.44. The van der Waals surface area contributed by atoms with E-state index in [1.807, 2.05) is 13.8 Å². The van der Waals surface area contributed by atoms with Gasteiger partial charge in [-0.15, -0.1) is 0 Å². The molecule has 0 saturated carbocycles. The highest BCUT2D eigenvalue weighted by Crippen LogP contribution is 2.05. The summed E-state index contributed by atoms with van der Waals surface area (Å²) in [5.74, 6) is -2.52. The first-order valence-electron chi connectivity index (χ1n) is 5.90. The number of carboxylic acids is 1. The average Bonchev–Trinajstić information content (AvgIpc) is 2.14. The van der Waals surface area contributed by atoms with Crippen LogP contribution in [0.2, 0.25) is 0 Å². The fourth-order valence-corrected chi connectivity index (χ4v) is 2.76. The van der Waals surface area contributed by atoms with Gasteiger partial charge in [-0.1, -0.05) is 20.8 Å². The maximum atomic E-state index is 11.5. The molecule has 0 fully saturated rings. The van der Waals surface area contributed by atoms with Gasteiger partial charge in [0.2, 0.25) is 5.91 Å². The van der Waals surface area contributed by atoms with Crippen molar-refractivity contribution in [2.24, 2.45) is 5.92 Å². The molecule has 0 aromatic carbocycles.